The summed E-state index contributed by atoms with van der Waals surface area (Å²) in [7, 11) is 0. The van der Waals surface area contributed by atoms with Gasteiger partial charge < -0.3 is 10.4 Å². The zero-order chi connectivity index (χ0) is 14.8. The second-order valence-electron chi connectivity index (χ2n) is 6.39. The Bertz CT molecular complexity index is 488. The Morgan fingerprint density at radius 2 is 1.95 bits per heavy atom. The van der Waals surface area contributed by atoms with Crippen LogP contribution in [0.15, 0.2) is 18.2 Å². The van der Waals surface area contributed by atoms with Gasteiger partial charge in [-0.3, -0.25) is 4.79 Å². The van der Waals surface area contributed by atoms with E-state index >= 15 is 0 Å². The molecule has 0 unspecified atom stereocenters. The summed E-state index contributed by atoms with van der Waals surface area (Å²) in [5, 5.41) is 13.4. The SMILES string of the molecule is Cc1ccc(C(=O)NCC2(O)CCC(C)CC2)cc1C. The molecule has 0 saturated heterocycles. The summed E-state index contributed by atoms with van der Waals surface area (Å²) in [4.78, 5) is 12.1. The van der Waals surface area contributed by atoms with Crippen molar-refractivity contribution in [3.8, 4) is 0 Å². The molecule has 0 atom stereocenters. The quantitative estimate of drug-likeness (QED) is 0.891. The van der Waals surface area contributed by atoms with Gasteiger partial charge in [-0.15, -0.1) is 0 Å². The van der Waals surface area contributed by atoms with Gasteiger partial charge >= 0.3 is 0 Å². The van der Waals surface area contributed by atoms with Crippen LogP contribution in [0, 0.1) is 19.8 Å². The van der Waals surface area contributed by atoms with Gasteiger partial charge in [0.1, 0.15) is 0 Å². The van der Waals surface area contributed by atoms with Crippen molar-refractivity contribution in [2.75, 3.05) is 6.54 Å². The van der Waals surface area contributed by atoms with Crippen LogP contribution in [-0.4, -0.2) is 23.2 Å². The number of aliphatic hydroxyl groups is 1. The van der Waals surface area contributed by atoms with Crippen molar-refractivity contribution >= 4 is 5.91 Å². The molecule has 0 aromatic heterocycles. The number of nitrogens with one attached hydrogen (secondary N) is 1. The van der Waals surface area contributed by atoms with E-state index in [1.54, 1.807) is 0 Å². The zero-order valence-corrected chi connectivity index (χ0v) is 12.7. The molecular formula is C17H25NO2. The zero-order valence-electron chi connectivity index (χ0n) is 12.7. The third-order valence-corrected chi connectivity index (χ3v) is 4.55. The first-order valence-electron chi connectivity index (χ1n) is 7.47. The number of carbonyl (C=O) groups is 1. The largest absolute Gasteiger partial charge is 0.388 e. The molecule has 1 aliphatic rings. The predicted octanol–water partition coefficient (Wildman–Crippen LogP) is 2.97. The highest BCUT2D eigenvalue weighted by Crippen LogP contribution is 2.31. The van der Waals surface area contributed by atoms with Crippen molar-refractivity contribution in [2.45, 2.75) is 52.1 Å². The predicted molar refractivity (Wildman–Crippen MR) is 80.8 cm³/mol. The minimum absolute atomic E-state index is 0.0971. The summed E-state index contributed by atoms with van der Waals surface area (Å²) in [5.41, 5.74) is 2.24. The van der Waals surface area contributed by atoms with E-state index in [1.165, 1.54) is 5.56 Å². The number of aryl methyl sites for hydroxylation is 2. The lowest BCUT2D eigenvalue weighted by molar-refractivity contribution is -0.00539. The van der Waals surface area contributed by atoms with Gasteiger partial charge in [-0.25, -0.2) is 0 Å². The molecule has 110 valence electrons. The van der Waals surface area contributed by atoms with E-state index in [0.29, 0.717) is 18.0 Å². The fourth-order valence-electron chi connectivity index (χ4n) is 2.71. The van der Waals surface area contributed by atoms with Crippen molar-refractivity contribution in [2.24, 2.45) is 5.92 Å². The fraction of sp³-hybridized carbons (Fsp3) is 0.588. The molecule has 1 saturated carbocycles. The molecule has 0 heterocycles. The number of rotatable bonds is 3. The van der Waals surface area contributed by atoms with Gasteiger partial charge in [0.05, 0.1) is 5.60 Å². The van der Waals surface area contributed by atoms with E-state index < -0.39 is 5.60 Å². The lowest BCUT2D eigenvalue weighted by Crippen LogP contribution is -2.45. The molecule has 3 nitrogen and oxygen atoms in total. The van der Waals surface area contributed by atoms with Crippen molar-refractivity contribution in [3.63, 3.8) is 0 Å². The number of carbonyl (C=O) groups excluding carboxylic acids is 1. The Hall–Kier alpha value is -1.35. The average molecular weight is 275 g/mol. The molecule has 20 heavy (non-hydrogen) atoms. The van der Waals surface area contributed by atoms with Crippen LogP contribution in [0.1, 0.15) is 54.1 Å². The first-order chi connectivity index (χ1) is 9.39. The van der Waals surface area contributed by atoms with Gasteiger partial charge in [0, 0.05) is 12.1 Å². The van der Waals surface area contributed by atoms with E-state index in [1.807, 2.05) is 32.0 Å². The van der Waals surface area contributed by atoms with Crippen molar-refractivity contribution in [1.82, 2.24) is 5.32 Å². The Morgan fingerprint density at radius 3 is 2.55 bits per heavy atom. The Kier molecular flexibility index (Phi) is 4.48. The summed E-state index contributed by atoms with van der Waals surface area (Å²) in [6.07, 6.45) is 3.63. The molecule has 1 aliphatic carbocycles. The van der Waals surface area contributed by atoms with Crippen LogP contribution in [0.4, 0.5) is 0 Å². The molecule has 0 radical (unpaired) electrons. The van der Waals surface area contributed by atoms with Crippen LogP contribution in [0.5, 0.6) is 0 Å². The van der Waals surface area contributed by atoms with Crippen LogP contribution in [0.2, 0.25) is 0 Å². The average Bonchev–Trinajstić information content (AvgIpc) is 2.43. The highest BCUT2D eigenvalue weighted by molar-refractivity contribution is 5.94. The van der Waals surface area contributed by atoms with Gasteiger partial charge in [0.15, 0.2) is 0 Å². The summed E-state index contributed by atoms with van der Waals surface area (Å²) in [6.45, 7) is 6.60. The van der Waals surface area contributed by atoms with E-state index in [2.05, 4.69) is 12.2 Å². The molecular weight excluding hydrogens is 250 g/mol. The first kappa shape index (κ1) is 15.0. The summed E-state index contributed by atoms with van der Waals surface area (Å²) >= 11 is 0. The lowest BCUT2D eigenvalue weighted by atomic mass is 9.79. The standard InChI is InChI=1S/C17H25NO2/c1-12-6-8-17(20,9-7-12)11-18-16(19)15-5-4-13(2)14(3)10-15/h4-5,10,12,20H,6-9,11H2,1-3H3,(H,18,19). The molecule has 1 fully saturated rings. The summed E-state index contributed by atoms with van der Waals surface area (Å²) < 4.78 is 0. The molecule has 3 heteroatoms. The minimum Gasteiger partial charge on any atom is -0.388 e. The van der Waals surface area contributed by atoms with Crippen LogP contribution in [0.3, 0.4) is 0 Å². The maximum atomic E-state index is 12.1. The van der Waals surface area contributed by atoms with E-state index in [0.717, 1.165) is 31.2 Å². The molecule has 0 aliphatic heterocycles. The smallest absolute Gasteiger partial charge is 0.251 e. The number of hydrogen-bond donors (Lipinski definition) is 2. The van der Waals surface area contributed by atoms with E-state index in [9.17, 15) is 9.90 Å². The van der Waals surface area contributed by atoms with Crippen LogP contribution < -0.4 is 5.32 Å². The molecule has 2 N–H and O–H groups in total. The van der Waals surface area contributed by atoms with Crippen molar-refractivity contribution < 1.29 is 9.90 Å². The van der Waals surface area contributed by atoms with E-state index in [4.69, 9.17) is 0 Å². The molecule has 1 amide bonds. The number of benzene rings is 1. The Labute approximate surface area is 121 Å². The van der Waals surface area contributed by atoms with Gasteiger partial charge in [-0.1, -0.05) is 13.0 Å². The summed E-state index contributed by atoms with van der Waals surface area (Å²) in [5.74, 6) is 0.589. The van der Waals surface area contributed by atoms with Crippen molar-refractivity contribution in [3.05, 3.63) is 34.9 Å². The van der Waals surface area contributed by atoms with Gasteiger partial charge in [0.2, 0.25) is 0 Å². The maximum Gasteiger partial charge on any atom is 0.251 e. The van der Waals surface area contributed by atoms with Gasteiger partial charge in [-0.2, -0.15) is 0 Å². The number of amides is 1. The van der Waals surface area contributed by atoms with E-state index in [-0.39, 0.29) is 5.91 Å². The highest BCUT2D eigenvalue weighted by Gasteiger charge is 2.32. The third-order valence-electron chi connectivity index (χ3n) is 4.55. The summed E-state index contributed by atoms with van der Waals surface area (Å²) in [6, 6.07) is 5.70. The minimum atomic E-state index is -0.720. The van der Waals surface area contributed by atoms with Crippen LogP contribution >= 0.6 is 0 Å². The maximum absolute atomic E-state index is 12.1. The van der Waals surface area contributed by atoms with Gasteiger partial charge in [-0.05, 0) is 68.7 Å². The number of hydrogen-bond acceptors (Lipinski definition) is 2. The molecule has 2 rings (SSSR count). The van der Waals surface area contributed by atoms with Gasteiger partial charge in [0.25, 0.3) is 5.91 Å². The first-order valence-corrected chi connectivity index (χ1v) is 7.47. The van der Waals surface area contributed by atoms with Crippen LogP contribution in [-0.2, 0) is 0 Å². The molecule has 0 spiro atoms. The Morgan fingerprint density at radius 1 is 1.30 bits per heavy atom. The normalized spacial score (nSPS) is 26.3. The Balaban J connectivity index is 1.93. The van der Waals surface area contributed by atoms with Crippen LogP contribution in [0.25, 0.3) is 0 Å². The second-order valence-corrected chi connectivity index (χ2v) is 6.39. The van der Waals surface area contributed by atoms with Crippen molar-refractivity contribution in [1.29, 1.82) is 0 Å². The fourth-order valence-corrected chi connectivity index (χ4v) is 2.71. The molecule has 1 aromatic carbocycles. The highest BCUT2D eigenvalue weighted by atomic mass is 16.3. The monoisotopic (exact) mass is 275 g/mol. The third kappa shape index (κ3) is 3.60. The lowest BCUT2D eigenvalue weighted by Gasteiger charge is -2.34. The molecule has 0 bridgehead atoms. The topological polar surface area (TPSA) is 49.3 Å². The molecule has 1 aromatic rings. The second kappa shape index (κ2) is 5.96.